The number of esters is 1. The van der Waals surface area contributed by atoms with Gasteiger partial charge in [-0.1, -0.05) is 47.0 Å². The van der Waals surface area contributed by atoms with Crippen LogP contribution in [0.4, 0.5) is 4.79 Å². The van der Waals surface area contributed by atoms with Gasteiger partial charge >= 0.3 is 12.1 Å². The highest BCUT2D eigenvalue weighted by Gasteiger charge is 2.36. The summed E-state index contributed by atoms with van der Waals surface area (Å²) in [6.07, 6.45) is 3.24. The van der Waals surface area contributed by atoms with E-state index in [2.05, 4.69) is 4.74 Å². The summed E-state index contributed by atoms with van der Waals surface area (Å²) in [5.41, 5.74) is 0. The van der Waals surface area contributed by atoms with E-state index in [1.165, 1.54) is 12.0 Å². The summed E-state index contributed by atoms with van der Waals surface area (Å²) in [5.74, 6) is -0.512. The molecule has 0 N–H and O–H groups in total. The first-order valence-corrected chi connectivity index (χ1v) is 6.66. The van der Waals surface area contributed by atoms with Crippen molar-refractivity contribution in [2.24, 2.45) is 0 Å². The normalized spacial score (nSPS) is 23.1. The summed E-state index contributed by atoms with van der Waals surface area (Å²) in [5, 5.41) is 0. The molecule has 0 unspecified atom stereocenters. The minimum absolute atomic E-state index is 0.305. The molecule has 2 atom stereocenters. The number of amides is 1. The van der Waals surface area contributed by atoms with Gasteiger partial charge in [-0.15, -0.1) is 0 Å². The van der Waals surface area contributed by atoms with Gasteiger partial charge in [0.25, 0.3) is 0 Å². The lowest BCUT2D eigenvalue weighted by Gasteiger charge is -2.35. The minimum Gasteiger partial charge on any atom is -0.467 e. The van der Waals surface area contributed by atoms with E-state index in [9.17, 15) is 9.59 Å². The van der Waals surface area contributed by atoms with Crippen LogP contribution >= 0.6 is 34.8 Å². The van der Waals surface area contributed by atoms with Crippen LogP contribution in [-0.2, 0) is 14.3 Å². The van der Waals surface area contributed by atoms with Crippen molar-refractivity contribution in [1.82, 2.24) is 4.90 Å². The highest BCUT2D eigenvalue weighted by molar-refractivity contribution is 6.67. The third-order valence-electron chi connectivity index (χ3n) is 2.59. The Hall–Kier alpha value is -0.650. The van der Waals surface area contributed by atoms with Crippen molar-refractivity contribution in [3.63, 3.8) is 0 Å². The third kappa shape index (κ3) is 4.75. The van der Waals surface area contributed by atoms with Gasteiger partial charge in [0, 0.05) is 0 Å². The predicted octanol–water partition coefficient (Wildman–Crippen LogP) is 2.69. The Labute approximate surface area is 126 Å². The fourth-order valence-electron chi connectivity index (χ4n) is 1.75. The number of alkyl halides is 3. The number of nitrogens with zero attached hydrogens (tertiary/aromatic N) is 1. The van der Waals surface area contributed by atoms with Crippen LogP contribution in [-0.4, -0.2) is 46.6 Å². The van der Waals surface area contributed by atoms with Crippen LogP contribution in [0.15, 0.2) is 12.2 Å². The summed E-state index contributed by atoms with van der Waals surface area (Å²) < 4.78 is 7.86. The first-order valence-electron chi connectivity index (χ1n) is 5.52. The highest BCUT2D eigenvalue weighted by Crippen LogP contribution is 2.27. The molecule has 1 heterocycles. The molecule has 1 aliphatic rings. The lowest BCUT2D eigenvalue weighted by molar-refractivity contribution is -0.147. The molecule has 0 saturated carbocycles. The molecule has 1 rings (SSSR count). The molecular formula is C11H14Cl3NO4. The molecule has 5 nitrogen and oxygen atoms in total. The van der Waals surface area contributed by atoms with Crippen LogP contribution in [0, 0.1) is 0 Å². The zero-order valence-electron chi connectivity index (χ0n) is 10.4. The van der Waals surface area contributed by atoms with Gasteiger partial charge in [-0.05, 0) is 13.3 Å². The highest BCUT2D eigenvalue weighted by atomic mass is 35.6. The van der Waals surface area contributed by atoms with Gasteiger partial charge in [0.1, 0.15) is 12.6 Å². The van der Waals surface area contributed by atoms with Gasteiger partial charge in [0.15, 0.2) is 0 Å². The number of rotatable bonds is 2. The van der Waals surface area contributed by atoms with Gasteiger partial charge in [-0.25, -0.2) is 9.59 Å². The maximum absolute atomic E-state index is 12.0. The van der Waals surface area contributed by atoms with E-state index < -0.39 is 28.5 Å². The van der Waals surface area contributed by atoms with Crippen LogP contribution < -0.4 is 0 Å². The summed E-state index contributed by atoms with van der Waals surface area (Å²) in [7, 11) is 1.26. The number of ether oxygens (including phenoxy) is 2. The lowest BCUT2D eigenvalue weighted by atomic mass is 10.0. The number of halogens is 3. The van der Waals surface area contributed by atoms with Gasteiger partial charge in [-0.2, -0.15) is 0 Å². The van der Waals surface area contributed by atoms with Crippen molar-refractivity contribution in [3.8, 4) is 0 Å². The van der Waals surface area contributed by atoms with E-state index in [4.69, 9.17) is 39.5 Å². The molecule has 19 heavy (non-hydrogen) atoms. The second-order valence-corrected chi connectivity index (χ2v) is 6.54. The maximum atomic E-state index is 12.0. The van der Waals surface area contributed by atoms with Crippen molar-refractivity contribution in [2.45, 2.75) is 29.2 Å². The average molecular weight is 331 g/mol. The summed E-state index contributed by atoms with van der Waals surface area (Å²) in [6, 6.07) is -1.03. The van der Waals surface area contributed by atoms with E-state index in [0.717, 1.165) is 0 Å². The monoisotopic (exact) mass is 329 g/mol. The Morgan fingerprint density at radius 2 is 2.05 bits per heavy atom. The number of hydrogen-bond acceptors (Lipinski definition) is 4. The largest absolute Gasteiger partial charge is 0.467 e. The van der Waals surface area contributed by atoms with Crippen LogP contribution in [0.3, 0.4) is 0 Å². The van der Waals surface area contributed by atoms with Crippen molar-refractivity contribution in [3.05, 3.63) is 12.2 Å². The summed E-state index contributed by atoms with van der Waals surface area (Å²) in [6.45, 7) is 1.36. The molecular weight excluding hydrogens is 316 g/mol. The zero-order chi connectivity index (χ0) is 14.6. The molecule has 0 aromatic carbocycles. The molecule has 0 saturated heterocycles. The van der Waals surface area contributed by atoms with Gasteiger partial charge in [0.2, 0.25) is 3.79 Å². The number of hydrogen-bond donors (Lipinski definition) is 0. The van der Waals surface area contributed by atoms with Crippen molar-refractivity contribution in [2.75, 3.05) is 13.7 Å². The van der Waals surface area contributed by atoms with Crippen molar-refractivity contribution in [1.29, 1.82) is 0 Å². The second kappa shape index (κ2) is 6.68. The lowest BCUT2D eigenvalue weighted by Crippen LogP contribution is -2.51. The Balaban J connectivity index is 2.77. The topological polar surface area (TPSA) is 55.8 Å². The standard InChI is InChI=1S/C11H14Cl3NO4/c1-7-4-3-5-8(9(16)18-2)15(7)10(17)19-6-11(12,13)14/h3-4,7-8H,5-6H2,1-2H3/t7-,8+/m0/s1. The molecule has 8 heteroatoms. The molecule has 0 spiro atoms. The molecule has 0 fully saturated rings. The molecule has 0 radical (unpaired) electrons. The molecule has 0 aromatic rings. The molecule has 0 aliphatic carbocycles. The van der Waals surface area contributed by atoms with Crippen LogP contribution in [0.25, 0.3) is 0 Å². The Morgan fingerprint density at radius 1 is 1.42 bits per heavy atom. The Kier molecular flexibility index (Phi) is 5.77. The van der Waals surface area contributed by atoms with Crippen molar-refractivity contribution < 1.29 is 19.1 Å². The number of methoxy groups -OCH3 is 1. The summed E-state index contributed by atoms with van der Waals surface area (Å²) in [4.78, 5) is 24.9. The van der Waals surface area contributed by atoms with E-state index >= 15 is 0 Å². The maximum Gasteiger partial charge on any atom is 0.411 e. The van der Waals surface area contributed by atoms with E-state index in [-0.39, 0.29) is 6.04 Å². The molecule has 0 aromatic heterocycles. The molecule has 108 valence electrons. The zero-order valence-corrected chi connectivity index (χ0v) is 12.7. The third-order valence-corrected chi connectivity index (χ3v) is 2.92. The quantitative estimate of drug-likeness (QED) is 0.444. The fraction of sp³-hybridized carbons (Fsp3) is 0.636. The van der Waals surface area contributed by atoms with Crippen molar-refractivity contribution >= 4 is 46.9 Å². The van der Waals surface area contributed by atoms with Gasteiger partial charge in [0.05, 0.1) is 13.2 Å². The average Bonchev–Trinajstić information content (AvgIpc) is 2.33. The smallest absolute Gasteiger partial charge is 0.411 e. The number of carbonyl (C=O) groups excluding carboxylic acids is 2. The number of carbonyl (C=O) groups is 2. The SMILES string of the molecule is COC(=O)[C@H]1CC=C[C@H](C)N1C(=O)OCC(Cl)(Cl)Cl. The molecule has 0 bridgehead atoms. The second-order valence-electron chi connectivity index (χ2n) is 4.02. The van der Waals surface area contributed by atoms with Crippen LogP contribution in [0.1, 0.15) is 13.3 Å². The fourth-order valence-corrected chi connectivity index (χ4v) is 1.92. The molecule has 1 aliphatic heterocycles. The van der Waals surface area contributed by atoms with Gasteiger partial charge in [-0.3, -0.25) is 4.90 Å². The minimum atomic E-state index is -1.69. The Morgan fingerprint density at radius 3 is 2.58 bits per heavy atom. The van der Waals surface area contributed by atoms with E-state index in [0.29, 0.717) is 6.42 Å². The molecule has 1 amide bonds. The first-order chi connectivity index (χ1) is 8.76. The van der Waals surface area contributed by atoms with E-state index in [1.54, 1.807) is 13.0 Å². The van der Waals surface area contributed by atoms with E-state index in [1.807, 2.05) is 6.08 Å². The predicted molar refractivity (Wildman–Crippen MR) is 72.5 cm³/mol. The first kappa shape index (κ1) is 16.4. The summed E-state index contributed by atoms with van der Waals surface area (Å²) >= 11 is 16.5. The van der Waals surface area contributed by atoms with Crippen LogP contribution in [0.2, 0.25) is 0 Å². The Bertz CT molecular complexity index is 381. The van der Waals surface area contributed by atoms with Gasteiger partial charge < -0.3 is 9.47 Å². The van der Waals surface area contributed by atoms with Crippen LogP contribution in [0.5, 0.6) is 0 Å².